The van der Waals surface area contributed by atoms with Gasteiger partial charge in [0.2, 0.25) is 11.8 Å². The van der Waals surface area contributed by atoms with Gasteiger partial charge in [-0.2, -0.15) is 0 Å². The Labute approximate surface area is 142 Å². The van der Waals surface area contributed by atoms with Crippen LogP contribution in [0.25, 0.3) is 0 Å². The van der Waals surface area contributed by atoms with Crippen molar-refractivity contribution in [1.82, 2.24) is 10.6 Å². The van der Waals surface area contributed by atoms with Crippen molar-refractivity contribution in [3.8, 4) is 0 Å². The predicted molar refractivity (Wildman–Crippen MR) is 85.2 cm³/mol. The summed E-state index contributed by atoms with van der Waals surface area (Å²) in [6.07, 6.45) is -0.249. The molecule has 0 radical (unpaired) electrons. The number of rotatable bonds is 11. The lowest BCUT2D eigenvalue weighted by Gasteiger charge is -2.18. The van der Waals surface area contributed by atoms with Crippen LogP contribution in [-0.4, -0.2) is 63.1 Å². The van der Waals surface area contributed by atoms with Crippen LogP contribution in [0.4, 0.5) is 0 Å². The number of thioether (sulfide) groups is 1. The maximum atomic E-state index is 11.9. The number of carbonyl (C=O) groups is 4. The van der Waals surface area contributed by atoms with Crippen molar-refractivity contribution < 1.29 is 29.4 Å². The summed E-state index contributed by atoms with van der Waals surface area (Å²) in [6.45, 7) is 1.11. The minimum atomic E-state index is -1.22. The number of hydrogen-bond acceptors (Lipinski definition) is 6. The fourth-order valence-corrected chi connectivity index (χ4v) is 2.28. The molecule has 0 aromatic heterocycles. The Morgan fingerprint density at radius 1 is 1.26 bits per heavy atom. The SMILES string of the molecule is CC(Cl)SCC(NC(=O)CCC(N)C(=O)O)C(=O)NCC(=O)O. The zero-order valence-electron chi connectivity index (χ0n) is 12.5. The van der Waals surface area contributed by atoms with Gasteiger partial charge in [-0.1, -0.05) is 0 Å². The van der Waals surface area contributed by atoms with E-state index in [2.05, 4.69) is 10.6 Å². The minimum Gasteiger partial charge on any atom is -0.480 e. The molecule has 6 N–H and O–H groups in total. The third kappa shape index (κ3) is 10.8. The number of aliphatic carboxylic acids is 2. The predicted octanol–water partition coefficient (Wildman–Crippen LogP) is -0.818. The average molecular weight is 370 g/mol. The second kappa shape index (κ2) is 11.1. The molecule has 23 heavy (non-hydrogen) atoms. The molecular formula is C12H20ClN3O6S. The highest BCUT2D eigenvalue weighted by molar-refractivity contribution is 8.01. The second-order valence-electron chi connectivity index (χ2n) is 4.59. The fraction of sp³-hybridized carbons (Fsp3) is 0.667. The van der Waals surface area contributed by atoms with Crippen LogP contribution in [0.1, 0.15) is 19.8 Å². The van der Waals surface area contributed by atoms with Crippen molar-refractivity contribution in [3.63, 3.8) is 0 Å². The van der Waals surface area contributed by atoms with Crippen LogP contribution in [0.5, 0.6) is 0 Å². The maximum Gasteiger partial charge on any atom is 0.322 e. The molecule has 9 nitrogen and oxygen atoms in total. The Morgan fingerprint density at radius 3 is 2.35 bits per heavy atom. The van der Waals surface area contributed by atoms with Gasteiger partial charge in [-0.15, -0.1) is 23.4 Å². The molecule has 2 amide bonds. The highest BCUT2D eigenvalue weighted by Gasteiger charge is 2.23. The van der Waals surface area contributed by atoms with Crippen LogP contribution >= 0.6 is 23.4 Å². The summed E-state index contributed by atoms with van der Waals surface area (Å²) >= 11 is 6.97. The van der Waals surface area contributed by atoms with Gasteiger partial charge >= 0.3 is 11.9 Å². The normalized spacial score (nSPS) is 14.4. The number of halogens is 1. The van der Waals surface area contributed by atoms with E-state index in [1.807, 2.05) is 0 Å². The Kier molecular flexibility index (Phi) is 10.4. The van der Waals surface area contributed by atoms with E-state index in [9.17, 15) is 19.2 Å². The first kappa shape index (κ1) is 21.5. The molecule has 0 aromatic rings. The lowest BCUT2D eigenvalue weighted by Crippen LogP contribution is -2.49. The van der Waals surface area contributed by atoms with Crippen molar-refractivity contribution in [1.29, 1.82) is 0 Å². The Morgan fingerprint density at radius 2 is 1.87 bits per heavy atom. The molecule has 0 saturated carbocycles. The highest BCUT2D eigenvalue weighted by Crippen LogP contribution is 2.15. The highest BCUT2D eigenvalue weighted by atomic mass is 35.5. The van der Waals surface area contributed by atoms with Crippen molar-refractivity contribution in [3.05, 3.63) is 0 Å². The van der Waals surface area contributed by atoms with Gasteiger partial charge in [0, 0.05) is 12.2 Å². The molecule has 0 saturated heterocycles. The molecule has 0 aromatic carbocycles. The summed E-state index contributed by atoms with van der Waals surface area (Å²) in [5.74, 6) is -3.50. The third-order valence-corrected chi connectivity index (χ3v) is 3.92. The fourth-order valence-electron chi connectivity index (χ4n) is 1.37. The summed E-state index contributed by atoms with van der Waals surface area (Å²) in [5, 5.41) is 21.8. The van der Waals surface area contributed by atoms with Crippen LogP contribution < -0.4 is 16.4 Å². The van der Waals surface area contributed by atoms with Crippen LogP contribution in [-0.2, 0) is 19.2 Å². The second-order valence-corrected chi connectivity index (χ2v) is 6.88. The Balaban J connectivity index is 4.54. The zero-order chi connectivity index (χ0) is 18.0. The average Bonchev–Trinajstić information content (AvgIpc) is 2.45. The number of carbonyl (C=O) groups excluding carboxylic acids is 2. The zero-order valence-corrected chi connectivity index (χ0v) is 14.0. The quantitative estimate of drug-likeness (QED) is 0.295. The molecule has 0 bridgehead atoms. The molecule has 11 heteroatoms. The number of nitrogens with two attached hydrogens (primary N) is 1. The minimum absolute atomic E-state index is 0.0797. The molecule has 0 aliphatic carbocycles. The molecule has 0 rings (SSSR count). The van der Waals surface area contributed by atoms with Crippen LogP contribution in [0, 0.1) is 0 Å². The number of alkyl halides is 1. The Bertz CT molecular complexity index is 449. The molecule has 3 unspecified atom stereocenters. The summed E-state index contributed by atoms with van der Waals surface area (Å²) < 4.78 is -0.304. The molecule has 0 fully saturated rings. The monoisotopic (exact) mass is 369 g/mol. The van der Waals surface area contributed by atoms with Gasteiger partial charge in [-0.3, -0.25) is 19.2 Å². The van der Waals surface area contributed by atoms with Gasteiger partial charge in [0.15, 0.2) is 0 Å². The largest absolute Gasteiger partial charge is 0.480 e. The van der Waals surface area contributed by atoms with Crippen molar-refractivity contribution in [2.24, 2.45) is 5.73 Å². The topological polar surface area (TPSA) is 159 Å². The summed E-state index contributed by atoms with van der Waals surface area (Å²) in [5.41, 5.74) is 5.29. The van der Waals surface area contributed by atoms with E-state index in [-0.39, 0.29) is 23.3 Å². The van der Waals surface area contributed by atoms with E-state index in [1.54, 1.807) is 6.92 Å². The standard InChI is InChI=1S/C12H20ClN3O6S/c1-6(13)23-5-8(11(20)15-4-10(18)19)16-9(17)3-2-7(14)12(21)22/h6-8H,2-5,14H2,1H3,(H,15,20)(H,16,17)(H,18,19)(H,21,22). The third-order valence-electron chi connectivity index (χ3n) is 2.56. The number of nitrogens with one attached hydrogen (secondary N) is 2. The lowest BCUT2D eigenvalue weighted by atomic mass is 10.1. The maximum absolute atomic E-state index is 11.9. The van der Waals surface area contributed by atoms with Gasteiger partial charge in [-0.25, -0.2) is 0 Å². The number of carboxylic acid groups (broad SMARTS) is 2. The molecule has 3 atom stereocenters. The van der Waals surface area contributed by atoms with Crippen molar-refractivity contribution in [2.45, 2.75) is 36.6 Å². The molecule has 0 spiro atoms. The van der Waals surface area contributed by atoms with E-state index in [1.165, 1.54) is 11.8 Å². The Hall–Kier alpha value is -1.52. The van der Waals surface area contributed by atoms with Crippen LogP contribution in [0.15, 0.2) is 0 Å². The van der Waals surface area contributed by atoms with Crippen molar-refractivity contribution in [2.75, 3.05) is 12.3 Å². The van der Waals surface area contributed by atoms with E-state index in [0.717, 1.165) is 0 Å². The van der Waals surface area contributed by atoms with Crippen molar-refractivity contribution >= 4 is 47.1 Å². The molecular weight excluding hydrogens is 350 g/mol. The molecule has 0 heterocycles. The van der Waals surface area contributed by atoms with E-state index < -0.39 is 42.4 Å². The molecule has 0 aliphatic heterocycles. The molecule has 132 valence electrons. The number of hydrogen-bond donors (Lipinski definition) is 5. The van der Waals surface area contributed by atoms with Gasteiger partial charge in [0.1, 0.15) is 18.6 Å². The summed E-state index contributed by atoms with van der Waals surface area (Å²) in [4.78, 5) is 44.7. The number of carboxylic acids is 2. The number of amides is 2. The summed E-state index contributed by atoms with van der Waals surface area (Å²) in [6, 6.07) is -2.15. The van der Waals surface area contributed by atoms with Gasteiger partial charge in [-0.05, 0) is 13.3 Å². The first-order chi connectivity index (χ1) is 10.6. The first-order valence-electron chi connectivity index (χ1n) is 6.66. The van der Waals surface area contributed by atoms with Crippen LogP contribution in [0.2, 0.25) is 0 Å². The summed E-state index contributed by atoms with van der Waals surface area (Å²) in [7, 11) is 0. The van der Waals surface area contributed by atoms with E-state index in [4.69, 9.17) is 27.5 Å². The van der Waals surface area contributed by atoms with Crippen LogP contribution in [0.3, 0.4) is 0 Å². The van der Waals surface area contributed by atoms with E-state index in [0.29, 0.717) is 0 Å². The first-order valence-corrected chi connectivity index (χ1v) is 8.15. The lowest BCUT2D eigenvalue weighted by molar-refractivity contribution is -0.139. The smallest absolute Gasteiger partial charge is 0.322 e. The van der Waals surface area contributed by atoms with Gasteiger partial charge in [0.25, 0.3) is 0 Å². The van der Waals surface area contributed by atoms with E-state index >= 15 is 0 Å². The molecule has 0 aliphatic rings. The van der Waals surface area contributed by atoms with Gasteiger partial charge in [0.05, 0.1) is 4.71 Å². The van der Waals surface area contributed by atoms with Gasteiger partial charge < -0.3 is 26.6 Å².